The van der Waals surface area contributed by atoms with E-state index in [4.69, 9.17) is 0 Å². The predicted molar refractivity (Wildman–Crippen MR) is 125 cm³/mol. The minimum atomic E-state index is -0.305. The molecule has 0 saturated carbocycles. The zero-order valence-corrected chi connectivity index (χ0v) is 19.5. The number of nitrogens with zero attached hydrogens (tertiary/aromatic N) is 2. The number of phenols is 1. The van der Waals surface area contributed by atoms with Crippen LogP contribution < -0.4 is 16.0 Å². The van der Waals surface area contributed by atoms with Crippen molar-refractivity contribution in [3.8, 4) is 5.75 Å². The highest BCUT2D eigenvalue weighted by atomic mass is 127. The van der Waals surface area contributed by atoms with Crippen LogP contribution in [0.15, 0.2) is 34.6 Å². The van der Waals surface area contributed by atoms with Gasteiger partial charge in [0, 0.05) is 25.0 Å². The number of hydrogen-bond donors (Lipinski definition) is 4. The van der Waals surface area contributed by atoms with Crippen molar-refractivity contribution in [2.75, 3.05) is 19.6 Å². The molecule has 7 nitrogen and oxygen atoms in total. The molecule has 154 valence electrons. The number of aliphatic imine (C=N–C) groups is 1. The molecule has 1 aromatic heterocycles. The highest BCUT2D eigenvalue weighted by Gasteiger charge is 2.09. The minimum absolute atomic E-state index is 0. The van der Waals surface area contributed by atoms with Gasteiger partial charge in [0.05, 0.1) is 17.8 Å². The van der Waals surface area contributed by atoms with Crippen molar-refractivity contribution in [2.24, 2.45) is 4.99 Å². The number of rotatable bonds is 8. The van der Waals surface area contributed by atoms with E-state index in [2.05, 4.69) is 45.2 Å². The number of amides is 1. The fourth-order valence-electron chi connectivity index (χ4n) is 2.27. The molecule has 0 spiro atoms. The first-order valence-corrected chi connectivity index (χ1v) is 9.91. The maximum Gasteiger partial charge on any atom is 0.255 e. The molecule has 0 bridgehead atoms. The molecule has 9 heteroatoms. The van der Waals surface area contributed by atoms with Crippen LogP contribution in [0.2, 0.25) is 0 Å². The Morgan fingerprint density at radius 3 is 2.57 bits per heavy atom. The Bertz CT molecular complexity index is 779. The molecule has 0 atom stereocenters. The average molecular weight is 517 g/mol. The molecule has 0 fully saturated rings. The van der Waals surface area contributed by atoms with Crippen molar-refractivity contribution in [2.45, 2.75) is 33.2 Å². The molecule has 0 unspecified atom stereocenters. The molecular formula is C19H28IN5O2S. The molecule has 0 aliphatic carbocycles. The largest absolute Gasteiger partial charge is 0.507 e. The molecule has 0 saturated heterocycles. The molecule has 1 aromatic carbocycles. The van der Waals surface area contributed by atoms with Crippen molar-refractivity contribution in [1.82, 2.24) is 20.9 Å². The van der Waals surface area contributed by atoms with Crippen molar-refractivity contribution >= 4 is 47.2 Å². The Labute approximate surface area is 187 Å². The molecule has 28 heavy (non-hydrogen) atoms. The standard InChI is InChI=1S/C19H27N5O2S.HI/c1-4-20-19(23-11-17-24-15(12-27-17)13(2)3)22-10-9-21-18(26)14-7-5-6-8-16(14)25;/h5-8,12-13,25H,4,9-11H2,1-3H3,(H,21,26)(H2,20,22,23);1H. The number of carbonyl (C=O) groups is 1. The van der Waals surface area contributed by atoms with Crippen LogP contribution in [0.3, 0.4) is 0 Å². The summed E-state index contributed by atoms with van der Waals surface area (Å²) in [6.07, 6.45) is 0. The minimum Gasteiger partial charge on any atom is -0.507 e. The lowest BCUT2D eigenvalue weighted by Crippen LogP contribution is -2.41. The topological polar surface area (TPSA) is 98.6 Å². The van der Waals surface area contributed by atoms with E-state index in [-0.39, 0.29) is 41.2 Å². The maximum absolute atomic E-state index is 12.1. The number of phenolic OH excluding ortho intramolecular Hbond substituents is 1. The first-order valence-electron chi connectivity index (χ1n) is 9.04. The van der Waals surface area contributed by atoms with E-state index < -0.39 is 0 Å². The second-order valence-electron chi connectivity index (χ2n) is 6.22. The van der Waals surface area contributed by atoms with Crippen LogP contribution in [0.1, 0.15) is 47.7 Å². The Hall–Kier alpha value is -1.88. The summed E-state index contributed by atoms with van der Waals surface area (Å²) in [5, 5.41) is 21.9. The van der Waals surface area contributed by atoms with E-state index in [0.29, 0.717) is 31.5 Å². The van der Waals surface area contributed by atoms with Gasteiger partial charge in [-0.2, -0.15) is 0 Å². The van der Waals surface area contributed by atoms with Gasteiger partial charge in [0.1, 0.15) is 10.8 Å². The Morgan fingerprint density at radius 2 is 1.93 bits per heavy atom. The third kappa shape index (κ3) is 7.63. The molecule has 2 rings (SSSR count). The summed E-state index contributed by atoms with van der Waals surface area (Å²) in [6.45, 7) is 8.42. The first-order chi connectivity index (χ1) is 13.0. The number of benzene rings is 1. The van der Waals surface area contributed by atoms with Gasteiger partial charge >= 0.3 is 0 Å². The van der Waals surface area contributed by atoms with Crippen LogP contribution in [0.4, 0.5) is 0 Å². The molecule has 4 N–H and O–H groups in total. The van der Waals surface area contributed by atoms with Crippen molar-refractivity contribution in [3.63, 3.8) is 0 Å². The van der Waals surface area contributed by atoms with Crippen molar-refractivity contribution in [3.05, 3.63) is 45.9 Å². The molecule has 2 aromatic rings. The molecule has 0 aliphatic rings. The smallest absolute Gasteiger partial charge is 0.255 e. The summed E-state index contributed by atoms with van der Waals surface area (Å²) in [5.74, 6) is 0.761. The Morgan fingerprint density at radius 1 is 1.21 bits per heavy atom. The van der Waals surface area contributed by atoms with Gasteiger partial charge < -0.3 is 21.1 Å². The van der Waals surface area contributed by atoms with Gasteiger partial charge in [-0.15, -0.1) is 35.3 Å². The third-order valence-corrected chi connectivity index (χ3v) is 4.58. The van der Waals surface area contributed by atoms with E-state index in [9.17, 15) is 9.90 Å². The molecule has 1 amide bonds. The van der Waals surface area contributed by atoms with Gasteiger partial charge in [0.25, 0.3) is 5.91 Å². The third-order valence-electron chi connectivity index (χ3n) is 3.73. The number of hydrogen-bond acceptors (Lipinski definition) is 5. The first kappa shape index (κ1) is 24.2. The van der Waals surface area contributed by atoms with E-state index in [0.717, 1.165) is 17.2 Å². The molecule has 0 aliphatic heterocycles. The van der Waals surface area contributed by atoms with Crippen LogP contribution >= 0.6 is 35.3 Å². The summed E-state index contributed by atoms with van der Waals surface area (Å²) < 4.78 is 0. The number of aromatic hydroxyl groups is 1. The number of guanidine groups is 1. The van der Waals surface area contributed by atoms with E-state index in [1.807, 2.05) is 6.92 Å². The van der Waals surface area contributed by atoms with Crippen molar-refractivity contribution in [1.29, 1.82) is 0 Å². The number of para-hydroxylation sites is 1. The predicted octanol–water partition coefficient (Wildman–Crippen LogP) is 3.08. The van der Waals surface area contributed by atoms with E-state index >= 15 is 0 Å². The number of carbonyl (C=O) groups excluding carboxylic acids is 1. The number of halogens is 1. The van der Waals surface area contributed by atoms with Crippen LogP contribution in [0, 0.1) is 0 Å². The van der Waals surface area contributed by atoms with Crippen LogP contribution in [0.5, 0.6) is 5.75 Å². The van der Waals surface area contributed by atoms with E-state index in [1.165, 1.54) is 6.07 Å². The molecular weight excluding hydrogens is 489 g/mol. The summed E-state index contributed by atoms with van der Waals surface area (Å²) in [4.78, 5) is 21.2. The number of aromatic nitrogens is 1. The maximum atomic E-state index is 12.1. The van der Waals surface area contributed by atoms with Crippen LogP contribution in [0.25, 0.3) is 0 Å². The highest BCUT2D eigenvalue weighted by molar-refractivity contribution is 14.0. The van der Waals surface area contributed by atoms with Gasteiger partial charge in [-0.1, -0.05) is 26.0 Å². The lowest BCUT2D eigenvalue weighted by atomic mass is 10.2. The van der Waals surface area contributed by atoms with Crippen LogP contribution in [-0.4, -0.2) is 41.6 Å². The summed E-state index contributed by atoms with van der Waals surface area (Å²) in [5.41, 5.74) is 1.36. The van der Waals surface area contributed by atoms with Crippen LogP contribution in [-0.2, 0) is 6.54 Å². The molecule has 1 heterocycles. The fourth-order valence-corrected chi connectivity index (χ4v) is 3.15. The van der Waals surface area contributed by atoms with Gasteiger partial charge in [0.15, 0.2) is 5.96 Å². The van der Waals surface area contributed by atoms with Gasteiger partial charge in [-0.25, -0.2) is 9.98 Å². The van der Waals surface area contributed by atoms with Gasteiger partial charge in [0.2, 0.25) is 0 Å². The van der Waals surface area contributed by atoms with E-state index in [1.54, 1.807) is 29.5 Å². The number of nitrogens with one attached hydrogen (secondary N) is 3. The normalized spacial score (nSPS) is 11.1. The SMILES string of the molecule is CCNC(=NCc1nc(C(C)C)cs1)NCCNC(=O)c1ccccc1O.I. The second-order valence-corrected chi connectivity index (χ2v) is 7.16. The lowest BCUT2D eigenvalue weighted by molar-refractivity contribution is 0.0951. The average Bonchev–Trinajstić information content (AvgIpc) is 3.12. The second kappa shape index (κ2) is 12.6. The summed E-state index contributed by atoms with van der Waals surface area (Å²) in [6, 6.07) is 6.47. The monoisotopic (exact) mass is 517 g/mol. The summed E-state index contributed by atoms with van der Waals surface area (Å²) in [7, 11) is 0. The zero-order chi connectivity index (χ0) is 19.6. The molecule has 0 radical (unpaired) electrons. The Kier molecular flexibility index (Phi) is 10.8. The summed E-state index contributed by atoms with van der Waals surface area (Å²) >= 11 is 1.61. The number of thiazole rings is 1. The highest BCUT2D eigenvalue weighted by Crippen LogP contribution is 2.18. The quantitative estimate of drug-likeness (QED) is 0.187. The lowest BCUT2D eigenvalue weighted by Gasteiger charge is -2.12. The fraction of sp³-hybridized carbons (Fsp3) is 0.421. The Balaban J connectivity index is 0.00000392. The van der Waals surface area contributed by atoms with Crippen molar-refractivity contribution < 1.29 is 9.90 Å². The van der Waals surface area contributed by atoms with Gasteiger partial charge in [-0.05, 0) is 25.0 Å². The van der Waals surface area contributed by atoms with Gasteiger partial charge in [-0.3, -0.25) is 4.79 Å². The zero-order valence-electron chi connectivity index (χ0n) is 16.4.